The zero-order valence-corrected chi connectivity index (χ0v) is 9.59. The van der Waals surface area contributed by atoms with E-state index in [0.29, 0.717) is 6.61 Å². The predicted molar refractivity (Wildman–Crippen MR) is 58.1 cm³/mol. The van der Waals surface area contributed by atoms with Crippen LogP contribution >= 0.6 is 7.37 Å². The Hall–Kier alpha value is -0.330. The molecule has 0 saturated carbocycles. The van der Waals surface area contributed by atoms with E-state index >= 15 is 0 Å². The fourth-order valence-electron chi connectivity index (χ4n) is 0.842. The summed E-state index contributed by atoms with van der Waals surface area (Å²) in [6.45, 7) is 6.36. The van der Waals surface area contributed by atoms with Crippen molar-refractivity contribution >= 4 is 7.37 Å². The largest absolute Gasteiger partial charge is 0.323 e. The predicted octanol–water partition coefficient (Wildman–Crippen LogP) is 4.15. The highest BCUT2D eigenvalue weighted by atomic mass is 31.2. The monoisotopic (exact) mass is 202 g/mol. The van der Waals surface area contributed by atoms with Gasteiger partial charge in [0, 0.05) is 11.6 Å². The van der Waals surface area contributed by atoms with E-state index in [1.807, 2.05) is 32.9 Å². The van der Waals surface area contributed by atoms with Crippen molar-refractivity contribution in [2.75, 3.05) is 6.61 Å². The van der Waals surface area contributed by atoms with Crippen LogP contribution in [0, 0.1) is 0 Å². The molecule has 0 aliphatic heterocycles. The lowest BCUT2D eigenvalue weighted by Crippen LogP contribution is -1.83. The van der Waals surface area contributed by atoms with Gasteiger partial charge in [0.05, 0.1) is 6.61 Å². The van der Waals surface area contributed by atoms with Crippen molar-refractivity contribution in [2.45, 2.75) is 33.6 Å². The van der Waals surface area contributed by atoms with Crippen LogP contribution in [0.25, 0.3) is 0 Å². The molecule has 0 aliphatic rings. The SMILES string of the molecule is CCC=CP(=O)(C=CCC)OCC. The van der Waals surface area contributed by atoms with Crippen LogP contribution in [-0.2, 0) is 9.09 Å². The number of hydrogen-bond acceptors (Lipinski definition) is 2. The van der Waals surface area contributed by atoms with Crippen LogP contribution < -0.4 is 0 Å². The first-order chi connectivity index (χ1) is 6.18. The summed E-state index contributed by atoms with van der Waals surface area (Å²) < 4.78 is 17.2. The van der Waals surface area contributed by atoms with E-state index < -0.39 is 7.37 Å². The van der Waals surface area contributed by atoms with Crippen molar-refractivity contribution in [1.82, 2.24) is 0 Å². The molecule has 0 rings (SSSR count). The molecule has 2 nitrogen and oxygen atoms in total. The van der Waals surface area contributed by atoms with Gasteiger partial charge in [-0.2, -0.15) is 0 Å². The lowest BCUT2D eigenvalue weighted by molar-refractivity contribution is 0.346. The van der Waals surface area contributed by atoms with Gasteiger partial charge in [0.25, 0.3) is 0 Å². The minimum absolute atomic E-state index is 0.486. The number of hydrogen-bond donors (Lipinski definition) is 0. The molecule has 0 bridgehead atoms. The summed E-state index contributed by atoms with van der Waals surface area (Å²) in [5, 5.41) is 0. The topological polar surface area (TPSA) is 26.3 Å². The molecular formula is C10H19O2P. The highest BCUT2D eigenvalue weighted by Crippen LogP contribution is 2.50. The number of allylic oxidation sites excluding steroid dienone is 2. The molecule has 0 spiro atoms. The second kappa shape index (κ2) is 7.11. The van der Waals surface area contributed by atoms with Crippen LogP contribution in [0.4, 0.5) is 0 Å². The smallest absolute Gasteiger partial charge is 0.246 e. The van der Waals surface area contributed by atoms with Crippen LogP contribution in [0.5, 0.6) is 0 Å². The third-order valence-electron chi connectivity index (χ3n) is 1.43. The van der Waals surface area contributed by atoms with Gasteiger partial charge < -0.3 is 4.52 Å². The quantitative estimate of drug-likeness (QED) is 0.605. The fraction of sp³-hybridized carbons (Fsp3) is 0.600. The van der Waals surface area contributed by atoms with Crippen molar-refractivity contribution in [3.05, 3.63) is 23.8 Å². The maximum absolute atomic E-state index is 11.9. The molecule has 0 saturated heterocycles. The molecule has 13 heavy (non-hydrogen) atoms. The van der Waals surface area contributed by atoms with Gasteiger partial charge >= 0.3 is 0 Å². The molecule has 0 aromatic rings. The first-order valence-corrected chi connectivity index (χ1v) is 6.54. The molecule has 0 amide bonds. The van der Waals surface area contributed by atoms with Crippen LogP contribution in [0.1, 0.15) is 33.6 Å². The summed E-state index contributed by atoms with van der Waals surface area (Å²) in [6, 6.07) is 0. The molecular weight excluding hydrogens is 183 g/mol. The van der Waals surface area contributed by atoms with Crippen LogP contribution in [0.15, 0.2) is 23.8 Å². The summed E-state index contributed by atoms with van der Waals surface area (Å²) in [7, 11) is -2.61. The second-order valence-electron chi connectivity index (χ2n) is 2.65. The Morgan fingerprint density at radius 1 is 1.08 bits per heavy atom. The Morgan fingerprint density at radius 2 is 1.54 bits per heavy atom. The Labute approximate surface area is 81.1 Å². The van der Waals surface area contributed by atoms with Crippen molar-refractivity contribution in [3.63, 3.8) is 0 Å². The maximum atomic E-state index is 11.9. The van der Waals surface area contributed by atoms with Crippen LogP contribution in [-0.4, -0.2) is 6.61 Å². The van der Waals surface area contributed by atoms with Gasteiger partial charge in [0.2, 0.25) is 7.37 Å². The summed E-state index contributed by atoms with van der Waals surface area (Å²) in [5.74, 6) is 3.37. The van der Waals surface area contributed by atoms with Gasteiger partial charge in [-0.1, -0.05) is 26.0 Å². The average molecular weight is 202 g/mol. The summed E-state index contributed by atoms with van der Waals surface area (Å²) in [5.41, 5.74) is 0. The molecule has 0 heterocycles. The normalized spacial score (nSPS) is 16.8. The highest BCUT2D eigenvalue weighted by molar-refractivity contribution is 7.65. The van der Waals surface area contributed by atoms with Crippen molar-refractivity contribution in [1.29, 1.82) is 0 Å². The standard InChI is InChI=1S/C10H19O2P/c1-4-7-9-13(11,12-6-3)10-8-5-2/h7-10H,4-6H2,1-3H3. The Balaban J connectivity index is 4.43. The molecule has 0 aliphatic carbocycles. The highest BCUT2D eigenvalue weighted by Gasteiger charge is 2.12. The third kappa shape index (κ3) is 5.84. The average Bonchev–Trinajstić information content (AvgIpc) is 2.12. The Kier molecular flexibility index (Phi) is 6.93. The molecule has 0 fully saturated rings. The first-order valence-electron chi connectivity index (χ1n) is 4.77. The zero-order valence-electron chi connectivity index (χ0n) is 8.69. The van der Waals surface area contributed by atoms with E-state index in [1.165, 1.54) is 0 Å². The van der Waals surface area contributed by atoms with Gasteiger partial charge in [-0.3, -0.25) is 4.57 Å². The van der Waals surface area contributed by atoms with E-state index in [2.05, 4.69) is 0 Å². The van der Waals surface area contributed by atoms with Gasteiger partial charge in [-0.25, -0.2) is 0 Å². The molecule has 0 aromatic heterocycles. The van der Waals surface area contributed by atoms with E-state index in [0.717, 1.165) is 12.8 Å². The Morgan fingerprint density at radius 3 is 1.85 bits per heavy atom. The first kappa shape index (κ1) is 12.7. The van der Waals surface area contributed by atoms with E-state index in [9.17, 15) is 4.57 Å². The lowest BCUT2D eigenvalue weighted by atomic mass is 10.5. The molecule has 0 atom stereocenters. The van der Waals surface area contributed by atoms with E-state index in [1.54, 1.807) is 11.6 Å². The molecule has 0 unspecified atom stereocenters. The van der Waals surface area contributed by atoms with Crippen molar-refractivity contribution in [2.24, 2.45) is 0 Å². The Bertz CT molecular complexity index is 201. The van der Waals surface area contributed by atoms with Gasteiger partial charge in [-0.05, 0) is 19.8 Å². The van der Waals surface area contributed by atoms with Crippen molar-refractivity contribution < 1.29 is 9.09 Å². The zero-order chi connectivity index (χ0) is 10.2. The van der Waals surface area contributed by atoms with E-state index in [4.69, 9.17) is 4.52 Å². The maximum Gasteiger partial charge on any atom is 0.246 e. The van der Waals surface area contributed by atoms with Gasteiger partial charge in [-0.15, -0.1) is 0 Å². The summed E-state index contributed by atoms with van der Waals surface area (Å²) in [4.78, 5) is 0. The fourth-order valence-corrected chi connectivity index (χ4v) is 2.53. The minimum Gasteiger partial charge on any atom is -0.323 e. The van der Waals surface area contributed by atoms with Crippen LogP contribution in [0.2, 0.25) is 0 Å². The third-order valence-corrected chi connectivity index (χ3v) is 3.34. The number of rotatable bonds is 6. The summed E-state index contributed by atoms with van der Waals surface area (Å²) in [6.07, 6.45) is 5.54. The summed E-state index contributed by atoms with van der Waals surface area (Å²) >= 11 is 0. The molecule has 0 N–H and O–H groups in total. The van der Waals surface area contributed by atoms with Crippen LogP contribution in [0.3, 0.4) is 0 Å². The van der Waals surface area contributed by atoms with Gasteiger partial charge in [0.15, 0.2) is 0 Å². The molecule has 3 heteroatoms. The molecule has 0 aromatic carbocycles. The van der Waals surface area contributed by atoms with Crippen molar-refractivity contribution in [3.8, 4) is 0 Å². The van der Waals surface area contributed by atoms with E-state index in [-0.39, 0.29) is 0 Å². The van der Waals surface area contributed by atoms with Gasteiger partial charge in [0.1, 0.15) is 0 Å². The molecule has 76 valence electrons. The minimum atomic E-state index is -2.61. The lowest BCUT2D eigenvalue weighted by Gasteiger charge is -2.08. The second-order valence-corrected chi connectivity index (χ2v) is 4.79. The molecule has 0 radical (unpaired) electrons.